The van der Waals surface area contributed by atoms with Crippen molar-refractivity contribution in [1.82, 2.24) is 10.2 Å². The van der Waals surface area contributed by atoms with Gasteiger partial charge in [0.25, 0.3) is 5.91 Å². The molecule has 1 fully saturated rings. The van der Waals surface area contributed by atoms with Crippen molar-refractivity contribution in [2.24, 2.45) is 0 Å². The molecule has 0 bridgehead atoms. The zero-order chi connectivity index (χ0) is 23.0. The summed E-state index contributed by atoms with van der Waals surface area (Å²) in [4.78, 5) is 14.1. The summed E-state index contributed by atoms with van der Waals surface area (Å²) in [5, 5.41) is 3.14. The summed E-state index contributed by atoms with van der Waals surface area (Å²) in [5.74, 6) is -1.70. The predicted octanol–water partition coefficient (Wildman–Crippen LogP) is 5.50. The molecule has 2 atom stereocenters. The highest BCUT2D eigenvalue weighted by Gasteiger charge is 2.39. The normalized spacial score (nSPS) is 19.2. The monoisotopic (exact) mass is 484 g/mol. The molecule has 1 saturated heterocycles. The van der Waals surface area contributed by atoms with E-state index in [0.717, 1.165) is 0 Å². The molecule has 0 spiro atoms. The van der Waals surface area contributed by atoms with Crippen molar-refractivity contribution in [3.63, 3.8) is 0 Å². The lowest BCUT2D eigenvalue weighted by Gasteiger charge is -2.39. The molecule has 0 aromatic heterocycles. The van der Waals surface area contributed by atoms with Crippen LogP contribution in [0.4, 0.5) is 30.7 Å². The number of hydrogen-bond donors (Lipinski definition) is 1. The minimum Gasteiger partial charge on any atom is -0.338 e. The first-order chi connectivity index (χ1) is 14.4. The number of carbonyl (C=O) groups excluding carboxylic acids is 1. The van der Waals surface area contributed by atoms with Crippen LogP contribution >= 0.6 is 12.4 Å². The van der Waals surface area contributed by atoms with Gasteiger partial charge in [0.05, 0.1) is 11.1 Å². The second kappa shape index (κ2) is 9.66. The summed E-state index contributed by atoms with van der Waals surface area (Å²) in [7, 11) is 1.35. The van der Waals surface area contributed by atoms with Crippen LogP contribution in [0.5, 0.6) is 0 Å². The fourth-order valence-corrected chi connectivity index (χ4v) is 3.79. The van der Waals surface area contributed by atoms with Gasteiger partial charge in [-0.1, -0.05) is 12.1 Å². The number of carbonyl (C=O) groups is 1. The fourth-order valence-electron chi connectivity index (χ4n) is 3.79. The molecule has 176 valence electrons. The van der Waals surface area contributed by atoms with Gasteiger partial charge < -0.3 is 10.2 Å². The minimum absolute atomic E-state index is 0. The van der Waals surface area contributed by atoms with E-state index in [-0.39, 0.29) is 24.4 Å². The Morgan fingerprint density at radius 2 is 1.50 bits per heavy atom. The topological polar surface area (TPSA) is 32.3 Å². The first-order valence-electron chi connectivity index (χ1n) is 9.41. The smallest absolute Gasteiger partial charge is 0.338 e. The molecule has 32 heavy (non-hydrogen) atoms. The van der Waals surface area contributed by atoms with Gasteiger partial charge in [-0.05, 0) is 48.9 Å². The average Bonchev–Trinajstić information content (AvgIpc) is 2.71. The Bertz CT molecular complexity index is 912. The molecule has 1 aliphatic heterocycles. The summed E-state index contributed by atoms with van der Waals surface area (Å²) in [6.45, 7) is 0.931. The zero-order valence-electron chi connectivity index (χ0n) is 16.7. The van der Waals surface area contributed by atoms with Gasteiger partial charge in [-0.25, -0.2) is 4.39 Å². The lowest BCUT2D eigenvalue weighted by atomic mass is 9.85. The number of hydrogen-bond acceptors (Lipinski definition) is 2. The molecular weight excluding hydrogens is 465 g/mol. The predicted molar refractivity (Wildman–Crippen MR) is 106 cm³/mol. The standard InChI is InChI=1S/C21H19F7N2O.ClH/c1-30(18-6-7-29-11-17(18)12-2-4-16(22)5-3-12)19(31)13-8-14(20(23,24)25)10-15(9-13)21(26,27)28;/h2-5,8-10,17-18,29H,6-7,11H2,1H3;1H. The molecule has 1 amide bonds. The van der Waals surface area contributed by atoms with Gasteiger partial charge in [-0.3, -0.25) is 4.79 Å². The van der Waals surface area contributed by atoms with Crippen molar-refractivity contribution in [2.45, 2.75) is 30.7 Å². The zero-order valence-corrected chi connectivity index (χ0v) is 17.5. The maximum atomic E-state index is 13.3. The van der Waals surface area contributed by atoms with Crippen molar-refractivity contribution < 1.29 is 35.5 Å². The Morgan fingerprint density at radius 1 is 0.969 bits per heavy atom. The first-order valence-corrected chi connectivity index (χ1v) is 9.41. The molecule has 0 radical (unpaired) electrons. The minimum atomic E-state index is -5.04. The van der Waals surface area contributed by atoms with E-state index in [0.29, 0.717) is 37.2 Å². The molecule has 0 saturated carbocycles. The average molecular weight is 485 g/mol. The summed E-state index contributed by atoms with van der Waals surface area (Å²) in [6, 6.07) is 5.96. The van der Waals surface area contributed by atoms with E-state index in [1.807, 2.05) is 0 Å². The van der Waals surface area contributed by atoms with E-state index in [1.165, 1.54) is 24.1 Å². The van der Waals surface area contributed by atoms with E-state index in [1.54, 1.807) is 12.1 Å². The Kier molecular flexibility index (Phi) is 7.83. The number of nitrogens with zero attached hydrogens (tertiary/aromatic N) is 1. The van der Waals surface area contributed by atoms with Gasteiger partial charge in [-0.2, -0.15) is 26.3 Å². The van der Waals surface area contributed by atoms with Crippen molar-refractivity contribution in [2.75, 3.05) is 20.1 Å². The molecule has 0 aliphatic carbocycles. The van der Waals surface area contributed by atoms with Crippen LogP contribution in [0.3, 0.4) is 0 Å². The van der Waals surface area contributed by atoms with Crippen molar-refractivity contribution in [3.05, 3.63) is 70.5 Å². The van der Waals surface area contributed by atoms with Crippen LogP contribution in [-0.2, 0) is 12.4 Å². The molecule has 11 heteroatoms. The number of likely N-dealkylation sites (N-methyl/N-ethyl adjacent to an activating group) is 1. The maximum absolute atomic E-state index is 13.3. The Labute approximate surface area is 186 Å². The van der Waals surface area contributed by atoms with Crippen molar-refractivity contribution >= 4 is 18.3 Å². The van der Waals surface area contributed by atoms with Gasteiger partial charge in [0, 0.05) is 31.1 Å². The molecule has 3 rings (SSSR count). The molecule has 2 aromatic carbocycles. The molecule has 1 aliphatic rings. The maximum Gasteiger partial charge on any atom is 0.416 e. The summed E-state index contributed by atoms with van der Waals surface area (Å²) in [6.07, 6.45) is -9.66. The highest BCUT2D eigenvalue weighted by Crippen LogP contribution is 2.37. The van der Waals surface area contributed by atoms with Gasteiger partial charge in [-0.15, -0.1) is 12.4 Å². The second-order valence-electron chi connectivity index (χ2n) is 7.43. The van der Waals surface area contributed by atoms with Crippen LogP contribution in [0, 0.1) is 5.82 Å². The van der Waals surface area contributed by atoms with Gasteiger partial charge in [0.15, 0.2) is 0 Å². The number of benzene rings is 2. The van der Waals surface area contributed by atoms with Gasteiger partial charge >= 0.3 is 12.4 Å². The number of rotatable bonds is 3. The van der Waals surface area contributed by atoms with E-state index in [4.69, 9.17) is 0 Å². The largest absolute Gasteiger partial charge is 0.416 e. The molecular formula is C21H20ClF7N2O. The third-order valence-electron chi connectivity index (χ3n) is 5.40. The van der Waals surface area contributed by atoms with Crippen LogP contribution in [0.2, 0.25) is 0 Å². The van der Waals surface area contributed by atoms with Crippen LogP contribution in [0.25, 0.3) is 0 Å². The SMILES string of the molecule is CN(C(=O)c1cc(C(F)(F)F)cc(C(F)(F)F)c1)C1CCNCC1c1ccc(F)cc1.Cl. The third-order valence-corrected chi connectivity index (χ3v) is 5.40. The lowest BCUT2D eigenvalue weighted by Crippen LogP contribution is -2.49. The number of halogens is 8. The second-order valence-corrected chi connectivity index (χ2v) is 7.43. The molecule has 3 nitrogen and oxygen atoms in total. The van der Waals surface area contributed by atoms with E-state index >= 15 is 0 Å². The summed E-state index contributed by atoms with van der Waals surface area (Å²) >= 11 is 0. The van der Waals surface area contributed by atoms with Crippen LogP contribution in [0.1, 0.15) is 39.4 Å². The van der Waals surface area contributed by atoms with Crippen LogP contribution in [0.15, 0.2) is 42.5 Å². The first kappa shape index (κ1) is 25.9. The van der Waals surface area contributed by atoms with Crippen LogP contribution < -0.4 is 5.32 Å². The van der Waals surface area contributed by atoms with Crippen molar-refractivity contribution in [3.8, 4) is 0 Å². The highest BCUT2D eigenvalue weighted by molar-refractivity contribution is 5.94. The molecule has 2 unspecified atom stereocenters. The number of amides is 1. The van der Waals surface area contributed by atoms with Gasteiger partial charge in [0.2, 0.25) is 0 Å². The summed E-state index contributed by atoms with van der Waals surface area (Å²) < 4.78 is 92.1. The van der Waals surface area contributed by atoms with E-state index in [2.05, 4.69) is 5.32 Å². The number of nitrogens with one attached hydrogen (secondary N) is 1. The molecule has 1 heterocycles. The van der Waals surface area contributed by atoms with E-state index < -0.39 is 46.8 Å². The fraction of sp³-hybridized carbons (Fsp3) is 0.381. The molecule has 1 N–H and O–H groups in total. The highest BCUT2D eigenvalue weighted by atomic mass is 35.5. The molecule has 2 aromatic rings. The summed E-state index contributed by atoms with van der Waals surface area (Å²) in [5.41, 5.74) is -3.07. The lowest BCUT2D eigenvalue weighted by molar-refractivity contribution is -0.143. The van der Waals surface area contributed by atoms with Crippen LogP contribution in [-0.4, -0.2) is 37.0 Å². The Hall–Kier alpha value is -2.33. The Balaban J connectivity index is 0.00000363. The van der Waals surface area contributed by atoms with Gasteiger partial charge in [0.1, 0.15) is 5.82 Å². The van der Waals surface area contributed by atoms with E-state index in [9.17, 15) is 35.5 Å². The Morgan fingerprint density at radius 3 is 2.00 bits per heavy atom. The quantitative estimate of drug-likeness (QED) is 0.583. The number of alkyl halides is 6. The van der Waals surface area contributed by atoms with Crippen molar-refractivity contribution in [1.29, 1.82) is 0 Å². The third kappa shape index (κ3) is 5.72. The number of piperidine rings is 1.